The molecule has 0 radical (unpaired) electrons. The summed E-state index contributed by atoms with van der Waals surface area (Å²) >= 11 is 3.16. The first-order valence-electron chi connectivity index (χ1n) is 9.86. The van der Waals surface area contributed by atoms with Crippen molar-refractivity contribution in [2.45, 2.75) is 18.9 Å². The minimum atomic E-state index is -0.0827. The third-order valence-electron chi connectivity index (χ3n) is 5.67. The molecule has 1 aliphatic carbocycles. The predicted octanol–water partition coefficient (Wildman–Crippen LogP) is 3.78. The molecule has 3 aromatic heterocycles. The lowest BCUT2D eigenvalue weighted by atomic mass is 9.85. The first-order chi connectivity index (χ1) is 14.8. The van der Waals surface area contributed by atoms with Gasteiger partial charge in [-0.2, -0.15) is 0 Å². The van der Waals surface area contributed by atoms with Crippen molar-refractivity contribution in [3.05, 3.63) is 113 Å². The summed E-state index contributed by atoms with van der Waals surface area (Å²) in [6.07, 6.45) is 7.33. The third kappa shape index (κ3) is 2.75. The van der Waals surface area contributed by atoms with Crippen LogP contribution in [0.25, 0.3) is 11.8 Å². The van der Waals surface area contributed by atoms with E-state index < -0.39 is 0 Å². The van der Waals surface area contributed by atoms with Gasteiger partial charge in [-0.05, 0) is 53.1 Å². The second kappa shape index (κ2) is 7.00. The molecule has 0 saturated heterocycles. The van der Waals surface area contributed by atoms with E-state index >= 15 is 0 Å². The van der Waals surface area contributed by atoms with Gasteiger partial charge in [-0.1, -0.05) is 47.7 Å². The molecule has 6 heteroatoms. The fraction of sp³-hybridized carbons (Fsp3) is 0.125. The number of pyridine rings is 1. The Morgan fingerprint density at radius 1 is 1.07 bits per heavy atom. The van der Waals surface area contributed by atoms with Crippen molar-refractivity contribution in [2.24, 2.45) is 4.99 Å². The molecule has 4 nitrogen and oxygen atoms in total. The van der Waals surface area contributed by atoms with Crippen LogP contribution in [0.4, 0.5) is 0 Å². The van der Waals surface area contributed by atoms with Crippen molar-refractivity contribution in [3.63, 3.8) is 0 Å². The zero-order chi connectivity index (χ0) is 20.1. The summed E-state index contributed by atoms with van der Waals surface area (Å²) in [6.45, 7) is 0. The highest BCUT2D eigenvalue weighted by Gasteiger charge is 2.32. The van der Waals surface area contributed by atoms with Gasteiger partial charge in [0, 0.05) is 22.8 Å². The highest BCUT2D eigenvalue weighted by atomic mass is 32.1. The van der Waals surface area contributed by atoms with E-state index in [0.29, 0.717) is 4.53 Å². The molecule has 0 spiro atoms. The molecule has 0 fully saturated rings. The van der Waals surface area contributed by atoms with E-state index in [0.717, 1.165) is 28.9 Å². The lowest BCUT2D eigenvalue weighted by Crippen LogP contribution is -2.38. The Morgan fingerprint density at radius 2 is 2.00 bits per heavy atom. The number of aromatic nitrogens is 2. The van der Waals surface area contributed by atoms with Crippen LogP contribution in [0.3, 0.4) is 0 Å². The van der Waals surface area contributed by atoms with Crippen LogP contribution >= 0.6 is 22.7 Å². The van der Waals surface area contributed by atoms with Gasteiger partial charge in [0.1, 0.15) is 0 Å². The van der Waals surface area contributed by atoms with Gasteiger partial charge in [0.2, 0.25) is 0 Å². The predicted molar refractivity (Wildman–Crippen MR) is 121 cm³/mol. The van der Waals surface area contributed by atoms with Crippen LogP contribution in [-0.2, 0) is 6.42 Å². The van der Waals surface area contributed by atoms with Crippen LogP contribution in [0.5, 0.6) is 0 Å². The molecule has 0 unspecified atom stereocenters. The summed E-state index contributed by atoms with van der Waals surface area (Å²) in [4.78, 5) is 24.6. The minimum absolute atomic E-state index is 0.0198. The molecule has 1 aromatic carbocycles. The second-order valence-corrected chi connectivity index (χ2v) is 9.40. The summed E-state index contributed by atoms with van der Waals surface area (Å²) in [5.74, 6) is 0. The fourth-order valence-corrected chi connectivity index (χ4v) is 6.18. The molecular weight excluding hydrogens is 410 g/mol. The van der Waals surface area contributed by atoms with Gasteiger partial charge in [-0.3, -0.25) is 14.3 Å². The van der Waals surface area contributed by atoms with E-state index in [-0.39, 0.29) is 11.6 Å². The molecule has 146 valence electrons. The first-order valence-corrected chi connectivity index (χ1v) is 11.6. The number of aryl methyl sites for hydroxylation is 1. The monoisotopic (exact) mass is 427 g/mol. The quantitative estimate of drug-likeness (QED) is 0.489. The van der Waals surface area contributed by atoms with Gasteiger partial charge in [0.25, 0.3) is 5.56 Å². The third-order valence-corrected chi connectivity index (χ3v) is 7.58. The minimum Gasteiger partial charge on any atom is -0.271 e. The van der Waals surface area contributed by atoms with Crippen molar-refractivity contribution < 1.29 is 0 Å². The zero-order valence-electron chi connectivity index (χ0n) is 16.0. The number of thiazole rings is 1. The molecule has 1 aliphatic heterocycles. The standard InChI is InChI=1S/C24H17N3OS2/c28-23-20(13-15-5-3-11-25-14-15)30-24-26-21-17-7-2-1-6-16(17)9-10-18(21)22(27(23)24)19-8-4-12-29-19/h1-8,11-14,22H,9-10H2/b20-13-/t22-/m1/s1. The van der Waals surface area contributed by atoms with E-state index in [9.17, 15) is 4.79 Å². The Kier molecular flexibility index (Phi) is 4.14. The Morgan fingerprint density at radius 3 is 2.83 bits per heavy atom. The summed E-state index contributed by atoms with van der Waals surface area (Å²) in [7, 11) is 0. The SMILES string of the molecule is O=c1/c(=C/c2cccnc2)sc2n1[C@@H](c1cccs1)C1=C(N=2)c2ccccc2CC1. The van der Waals surface area contributed by atoms with Gasteiger partial charge in [0.15, 0.2) is 4.80 Å². The molecule has 2 aliphatic rings. The number of nitrogens with zero attached hydrogens (tertiary/aromatic N) is 3. The van der Waals surface area contributed by atoms with Crippen molar-refractivity contribution in [3.8, 4) is 0 Å². The van der Waals surface area contributed by atoms with Gasteiger partial charge in [-0.15, -0.1) is 11.3 Å². The summed E-state index contributed by atoms with van der Waals surface area (Å²) in [5.41, 5.74) is 5.77. The molecule has 4 aromatic rings. The van der Waals surface area contributed by atoms with Crippen LogP contribution in [0, 0.1) is 0 Å². The van der Waals surface area contributed by atoms with E-state index in [4.69, 9.17) is 4.99 Å². The summed E-state index contributed by atoms with van der Waals surface area (Å²) in [5, 5.41) is 2.08. The maximum atomic E-state index is 13.5. The maximum Gasteiger partial charge on any atom is 0.271 e. The molecule has 1 atom stereocenters. The number of thiophene rings is 1. The number of rotatable bonds is 2. The van der Waals surface area contributed by atoms with Crippen LogP contribution in [0.2, 0.25) is 0 Å². The van der Waals surface area contributed by atoms with Crippen LogP contribution in [0.1, 0.15) is 34.0 Å². The molecule has 6 rings (SSSR count). The topological polar surface area (TPSA) is 47.2 Å². The highest BCUT2D eigenvalue weighted by Crippen LogP contribution is 2.42. The molecule has 0 bridgehead atoms. The lowest BCUT2D eigenvalue weighted by molar-refractivity contribution is 0.593. The zero-order valence-corrected chi connectivity index (χ0v) is 17.6. The van der Waals surface area contributed by atoms with E-state index in [1.54, 1.807) is 23.7 Å². The van der Waals surface area contributed by atoms with Crippen molar-refractivity contribution in [2.75, 3.05) is 0 Å². The average molecular weight is 428 g/mol. The Bertz CT molecular complexity index is 1460. The van der Waals surface area contributed by atoms with Crippen molar-refractivity contribution >= 4 is 34.4 Å². The van der Waals surface area contributed by atoms with Crippen LogP contribution in [-0.4, -0.2) is 9.55 Å². The lowest BCUT2D eigenvalue weighted by Gasteiger charge is -2.30. The van der Waals surface area contributed by atoms with E-state index in [1.807, 2.05) is 22.8 Å². The fourth-order valence-electron chi connectivity index (χ4n) is 4.33. The Hall–Kier alpha value is -3.09. The second-order valence-electron chi connectivity index (χ2n) is 7.42. The normalized spacial score (nSPS) is 17.9. The van der Waals surface area contributed by atoms with Crippen molar-refractivity contribution in [1.82, 2.24) is 9.55 Å². The van der Waals surface area contributed by atoms with Gasteiger partial charge >= 0.3 is 0 Å². The largest absolute Gasteiger partial charge is 0.271 e. The number of hydrogen-bond donors (Lipinski definition) is 0. The Balaban J connectivity index is 1.64. The smallest absolute Gasteiger partial charge is 0.271 e. The molecule has 0 amide bonds. The molecule has 0 N–H and O–H groups in total. The van der Waals surface area contributed by atoms with E-state index in [1.165, 1.54) is 32.9 Å². The van der Waals surface area contributed by atoms with Crippen LogP contribution < -0.4 is 14.9 Å². The number of hydrogen-bond acceptors (Lipinski definition) is 5. The number of fused-ring (bicyclic) bond motifs is 3. The Labute approximate surface area is 180 Å². The van der Waals surface area contributed by atoms with E-state index in [2.05, 4.69) is 46.8 Å². The molecule has 30 heavy (non-hydrogen) atoms. The highest BCUT2D eigenvalue weighted by molar-refractivity contribution is 7.10. The van der Waals surface area contributed by atoms with Crippen molar-refractivity contribution in [1.29, 1.82) is 0 Å². The number of benzene rings is 1. The van der Waals surface area contributed by atoms with Gasteiger partial charge in [-0.25, -0.2) is 4.99 Å². The van der Waals surface area contributed by atoms with Gasteiger partial charge < -0.3 is 0 Å². The van der Waals surface area contributed by atoms with Gasteiger partial charge in [0.05, 0.1) is 16.3 Å². The summed E-state index contributed by atoms with van der Waals surface area (Å²) in [6, 6.07) is 16.5. The molecule has 4 heterocycles. The first kappa shape index (κ1) is 17.7. The number of allylic oxidation sites excluding steroid dienone is 1. The molecular formula is C24H17N3OS2. The average Bonchev–Trinajstić information content (AvgIpc) is 3.42. The maximum absolute atomic E-state index is 13.5. The van der Waals surface area contributed by atoms with Crippen LogP contribution in [0.15, 0.2) is 81.7 Å². The molecule has 0 saturated carbocycles. The summed E-state index contributed by atoms with van der Waals surface area (Å²) < 4.78 is 2.59.